The van der Waals surface area contributed by atoms with Gasteiger partial charge in [0, 0.05) is 32.2 Å². The van der Waals surface area contributed by atoms with Crippen LogP contribution >= 0.6 is 35.4 Å². The minimum Gasteiger partial charge on any atom is -0.481 e. The van der Waals surface area contributed by atoms with Gasteiger partial charge in [0.25, 0.3) is 0 Å². The van der Waals surface area contributed by atoms with Gasteiger partial charge in [0.15, 0.2) is 5.11 Å². The fourth-order valence-electron chi connectivity index (χ4n) is 4.76. The second kappa shape index (κ2) is 13.6. The summed E-state index contributed by atoms with van der Waals surface area (Å²) in [6.45, 7) is 4.35. The number of likely N-dealkylation sites (tertiary alicyclic amines) is 1. The molecule has 3 rings (SSSR count). The molecule has 0 saturated carbocycles. The molecule has 4 N–H and O–H groups in total. The molecule has 0 aromatic heterocycles. The lowest BCUT2D eigenvalue weighted by atomic mass is 10.0. The highest BCUT2D eigenvalue weighted by Crippen LogP contribution is 2.24. The van der Waals surface area contributed by atoms with Crippen molar-refractivity contribution in [3.05, 3.63) is 33.8 Å². The fraction of sp³-hybridized carbons (Fsp3) is 0.583. The molecule has 1 amide bonds. The van der Waals surface area contributed by atoms with E-state index in [0.29, 0.717) is 29.7 Å². The van der Waals surface area contributed by atoms with Crippen molar-refractivity contribution in [3.8, 4) is 0 Å². The van der Waals surface area contributed by atoms with Gasteiger partial charge in [-0.1, -0.05) is 29.3 Å². The van der Waals surface area contributed by atoms with Crippen molar-refractivity contribution in [2.45, 2.75) is 43.8 Å². The second-order valence-corrected chi connectivity index (χ2v) is 10.8. The molecule has 2 fully saturated rings. The van der Waals surface area contributed by atoms with E-state index in [4.69, 9.17) is 40.5 Å². The van der Waals surface area contributed by atoms with Crippen LogP contribution in [-0.2, 0) is 20.8 Å². The average Bonchev–Trinajstić information content (AvgIpc) is 3.33. The predicted molar refractivity (Wildman–Crippen MR) is 145 cm³/mol. The van der Waals surface area contributed by atoms with Crippen LogP contribution in [0.25, 0.3) is 0 Å². The van der Waals surface area contributed by atoms with Gasteiger partial charge in [-0.15, -0.1) is 0 Å². The number of piperazine rings is 1. The number of hydrogen-bond donors (Lipinski definition) is 4. The molecule has 0 spiro atoms. The van der Waals surface area contributed by atoms with E-state index in [-0.39, 0.29) is 29.5 Å². The first-order chi connectivity index (χ1) is 17.5. The molecule has 10 nitrogen and oxygen atoms in total. The number of carbonyl (C=O) groups is 3. The maximum atomic E-state index is 13.5. The van der Waals surface area contributed by atoms with Crippen LogP contribution in [0.2, 0.25) is 10.0 Å². The Balaban J connectivity index is 1.66. The zero-order chi connectivity index (χ0) is 27.1. The molecule has 204 valence electrons. The highest BCUT2D eigenvalue weighted by atomic mass is 35.5. The minimum absolute atomic E-state index is 0.00575. The Kier molecular flexibility index (Phi) is 10.8. The van der Waals surface area contributed by atoms with Crippen molar-refractivity contribution in [1.29, 1.82) is 0 Å². The van der Waals surface area contributed by atoms with E-state index in [2.05, 4.69) is 20.4 Å². The molecular formula is C24H33Cl2N5O5S. The molecule has 2 aliphatic heterocycles. The average molecular weight is 575 g/mol. The summed E-state index contributed by atoms with van der Waals surface area (Å²) in [5.74, 6) is -2.55. The molecule has 2 heterocycles. The molecule has 2 aliphatic rings. The van der Waals surface area contributed by atoms with Crippen LogP contribution in [-0.4, -0.2) is 112 Å². The lowest BCUT2D eigenvalue weighted by Gasteiger charge is -2.46. The Morgan fingerprint density at radius 2 is 1.81 bits per heavy atom. The van der Waals surface area contributed by atoms with E-state index in [1.807, 2.05) is 11.9 Å². The molecule has 37 heavy (non-hydrogen) atoms. The monoisotopic (exact) mass is 573 g/mol. The number of amides is 1. The van der Waals surface area contributed by atoms with Crippen molar-refractivity contribution in [3.63, 3.8) is 0 Å². The molecule has 0 aliphatic carbocycles. The molecule has 13 heteroatoms. The molecule has 1 aromatic carbocycles. The maximum Gasteiger partial charge on any atom is 0.326 e. The summed E-state index contributed by atoms with van der Waals surface area (Å²) in [4.78, 5) is 42.2. The summed E-state index contributed by atoms with van der Waals surface area (Å²) < 4.78 is 0. The molecule has 0 radical (unpaired) electrons. The van der Waals surface area contributed by atoms with Crippen molar-refractivity contribution in [2.75, 3.05) is 46.3 Å². The largest absolute Gasteiger partial charge is 0.481 e. The quantitative estimate of drug-likeness (QED) is 0.306. The molecular weight excluding hydrogens is 541 g/mol. The number of nitrogens with zero attached hydrogens (tertiary/aromatic N) is 3. The van der Waals surface area contributed by atoms with Gasteiger partial charge in [0.2, 0.25) is 5.91 Å². The van der Waals surface area contributed by atoms with Gasteiger partial charge in [-0.3, -0.25) is 14.5 Å². The Morgan fingerprint density at radius 1 is 1.11 bits per heavy atom. The minimum atomic E-state index is -1.34. The Morgan fingerprint density at radius 3 is 2.43 bits per heavy atom. The van der Waals surface area contributed by atoms with Gasteiger partial charge in [-0.2, -0.15) is 0 Å². The highest BCUT2D eigenvalue weighted by Gasteiger charge is 2.36. The summed E-state index contributed by atoms with van der Waals surface area (Å²) in [5, 5.41) is 24.6. The lowest BCUT2D eigenvalue weighted by Crippen LogP contribution is -2.64. The van der Waals surface area contributed by atoms with Gasteiger partial charge in [0.1, 0.15) is 6.04 Å². The van der Waals surface area contributed by atoms with Crippen molar-refractivity contribution in [2.24, 2.45) is 0 Å². The van der Waals surface area contributed by atoms with Crippen LogP contribution in [0.3, 0.4) is 0 Å². The Labute approximate surface area is 231 Å². The third-order valence-corrected chi connectivity index (χ3v) is 7.78. The molecule has 2 saturated heterocycles. The number of thiocarbonyl (C=S) groups is 1. The van der Waals surface area contributed by atoms with E-state index >= 15 is 0 Å². The van der Waals surface area contributed by atoms with E-state index in [1.165, 1.54) is 0 Å². The van der Waals surface area contributed by atoms with Crippen LogP contribution < -0.4 is 10.6 Å². The van der Waals surface area contributed by atoms with Crippen LogP contribution in [0, 0.1) is 0 Å². The van der Waals surface area contributed by atoms with Crippen LogP contribution in [0.4, 0.5) is 0 Å². The second-order valence-electron chi connectivity index (χ2n) is 9.57. The van der Waals surface area contributed by atoms with E-state index in [9.17, 15) is 19.5 Å². The summed E-state index contributed by atoms with van der Waals surface area (Å²) >= 11 is 17.4. The number of hydrogen-bond acceptors (Lipinski definition) is 6. The molecule has 0 bridgehead atoms. The molecule has 3 atom stereocenters. The number of carbonyl (C=O) groups excluding carboxylic acids is 1. The van der Waals surface area contributed by atoms with Gasteiger partial charge < -0.3 is 30.6 Å². The van der Waals surface area contributed by atoms with Crippen LogP contribution in [0.5, 0.6) is 0 Å². The number of carboxylic acids is 2. The lowest BCUT2D eigenvalue weighted by molar-refractivity contribution is -0.145. The number of nitrogens with one attached hydrogen (secondary N) is 2. The number of carboxylic acid groups (broad SMARTS) is 2. The number of likely N-dealkylation sites (N-methyl/N-ethyl adjacent to an activating group) is 1. The summed E-state index contributed by atoms with van der Waals surface area (Å²) in [6, 6.07) is 3.80. The molecule has 0 unspecified atom stereocenters. The summed E-state index contributed by atoms with van der Waals surface area (Å²) in [7, 11) is 1.99. The normalized spacial score (nSPS) is 21.4. The molecule has 1 aromatic rings. The summed E-state index contributed by atoms with van der Waals surface area (Å²) in [5.41, 5.74) is 0.788. The van der Waals surface area contributed by atoms with Crippen molar-refractivity contribution < 1.29 is 24.6 Å². The van der Waals surface area contributed by atoms with E-state index in [1.54, 1.807) is 18.2 Å². The zero-order valence-corrected chi connectivity index (χ0v) is 23.0. The van der Waals surface area contributed by atoms with E-state index in [0.717, 1.165) is 38.0 Å². The smallest absolute Gasteiger partial charge is 0.326 e. The van der Waals surface area contributed by atoms with Crippen molar-refractivity contribution >= 4 is 58.4 Å². The number of aliphatic carboxylic acids is 2. The van der Waals surface area contributed by atoms with Gasteiger partial charge in [-0.05, 0) is 62.9 Å². The Hall–Kier alpha value is -2.18. The third-order valence-electron chi connectivity index (χ3n) is 6.78. The number of benzene rings is 1. The van der Waals surface area contributed by atoms with Gasteiger partial charge in [0.05, 0.1) is 28.9 Å². The first kappa shape index (κ1) is 29.4. The Bertz CT molecular complexity index is 1010. The van der Waals surface area contributed by atoms with Gasteiger partial charge in [-0.25, -0.2) is 4.79 Å². The highest BCUT2D eigenvalue weighted by molar-refractivity contribution is 7.80. The number of halogens is 2. The fourth-order valence-corrected chi connectivity index (χ4v) is 5.31. The third kappa shape index (κ3) is 8.68. The van der Waals surface area contributed by atoms with Crippen LogP contribution in [0.15, 0.2) is 18.2 Å². The van der Waals surface area contributed by atoms with Crippen LogP contribution in [0.1, 0.15) is 24.8 Å². The van der Waals surface area contributed by atoms with E-state index < -0.39 is 24.4 Å². The summed E-state index contributed by atoms with van der Waals surface area (Å²) in [6.07, 6.45) is 1.92. The zero-order valence-electron chi connectivity index (χ0n) is 20.7. The predicted octanol–water partition coefficient (Wildman–Crippen LogP) is 1.53. The first-order valence-corrected chi connectivity index (χ1v) is 13.3. The maximum absolute atomic E-state index is 13.5. The topological polar surface area (TPSA) is 125 Å². The first-order valence-electron chi connectivity index (χ1n) is 12.2. The van der Waals surface area contributed by atoms with Crippen molar-refractivity contribution in [1.82, 2.24) is 25.3 Å². The van der Waals surface area contributed by atoms with Gasteiger partial charge >= 0.3 is 11.9 Å². The SMILES string of the molecule is CN1C[C@@H](CN2CCCC2)N(C(=O)Cc2ccc(Cl)c(Cl)c2)C[C@H]1CNC(=S)N[C@@H](CC(=O)O)C(=O)O. The standard InChI is InChI=1S/C24H33Cl2N5O5S/c1-29-12-17(13-30-6-2-3-7-30)31(21(32)9-15-4-5-18(25)19(26)8-15)14-16(29)11-27-24(37)28-20(23(35)36)10-22(33)34/h4-5,8,16-17,20H,2-3,6-7,9-14H2,1H3,(H,33,34)(H,35,36)(H2,27,28,37)/t16-,17+,20+/m1/s1. The number of rotatable bonds is 10.